The molecule has 0 radical (unpaired) electrons. The Labute approximate surface area is 239 Å². The SMILES string of the molecule is CC1CCC2C(C1)C1C(C)CC3OC4CC(C)C5C6CC(C)CCC6N6C7CC(C)CC8C7P(C3C1N28)C4C56. The van der Waals surface area contributed by atoms with Crippen LogP contribution >= 0.6 is 7.92 Å². The van der Waals surface area contributed by atoms with Gasteiger partial charge in [0.1, 0.15) is 0 Å². The standard InChI is InChI=1S/C35H55N2OP/c1-16-6-8-23-21(10-16)29-19(4)14-27-34-31(29)36(23)25-12-18(3)13-26-33(25)39(34)35-28(38-27)15-20(5)30-22-11-17(2)7-9-24(22)37(26)32(30)35/h16-35H,6-15H2,1-5H3. The highest BCUT2D eigenvalue weighted by atomic mass is 31.1. The molecule has 10 rings (SSSR count). The normalized spacial score (nSPS) is 68.1. The van der Waals surface area contributed by atoms with Crippen molar-refractivity contribution >= 4 is 7.92 Å². The molecule has 216 valence electrons. The van der Waals surface area contributed by atoms with E-state index in [9.17, 15) is 0 Å². The summed E-state index contributed by atoms with van der Waals surface area (Å²) in [7, 11) is 0.0466. The van der Waals surface area contributed by atoms with Crippen molar-refractivity contribution in [2.75, 3.05) is 0 Å². The molecule has 10 fully saturated rings. The highest BCUT2D eigenvalue weighted by Crippen LogP contribution is 2.77. The van der Waals surface area contributed by atoms with Gasteiger partial charge in [0, 0.05) is 53.2 Å². The van der Waals surface area contributed by atoms with Crippen LogP contribution in [0.15, 0.2) is 0 Å². The molecule has 5 heterocycles. The van der Waals surface area contributed by atoms with E-state index in [-0.39, 0.29) is 7.92 Å². The zero-order chi connectivity index (χ0) is 26.1. The van der Waals surface area contributed by atoms with Crippen LogP contribution in [0.25, 0.3) is 0 Å². The Balaban J connectivity index is 1.15. The minimum atomic E-state index is 0.0466. The smallest absolute Gasteiger partial charge is 0.0664 e. The van der Waals surface area contributed by atoms with Crippen LogP contribution in [0, 0.1) is 53.3 Å². The van der Waals surface area contributed by atoms with Gasteiger partial charge in [0.15, 0.2) is 0 Å². The molecule has 10 aliphatic rings. The van der Waals surface area contributed by atoms with Gasteiger partial charge >= 0.3 is 0 Å². The average Bonchev–Trinajstić information content (AvgIpc) is 3.41. The van der Waals surface area contributed by atoms with Crippen LogP contribution in [-0.4, -0.2) is 75.2 Å². The summed E-state index contributed by atoms with van der Waals surface area (Å²) in [6, 6.07) is 5.38. The van der Waals surface area contributed by atoms with Gasteiger partial charge in [-0.3, -0.25) is 9.80 Å². The van der Waals surface area contributed by atoms with Crippen molar-refractivity contribution in [2.45, 2.75) is 164 Å². The lowest BCUT2D eigenvalue weighted by molar-refractivity contribution is -0.131. The maximum absolute atomic E-state index is 7.53. The van der Waals surface area contributed by atoms with Gasteiger partial charge in [-0.25, -0.2) is 0 Å². The summed E-state index contributed by atoms with van der Waals surface area (Å²) in [5, 5.41) is 0. The molecule has 0 aromatic carbocycles. The first-order valence-corrected chi connectivity index (χ1v) is 19.4. The summed E-state index contributed by atoms with van der Waals surface area (Å²) >= 11 is 0. The summed E-state index contributed by atoms with van der Waals surface area (Å²) in [6.07, 6.45) is 16.1. The molecule has 4 heteroatoms. The molecule has 0 amide bonds. The number of hydrogen-bond acceptors (Lipinski definition) is 3. The van der Waals surface area contributed by atoms with E-state index < -0.39 is 0 Å². The molecule has 0 N–H and O–H groups in total. The fourth-order valence-electron chi connectivity index (χ4n) is 15.0. The number of hydrogen-bond donors (Lipinski definition) is 0. The predicted octanol–water partition coefficient (Wildman–Crippen LogP) is 6.83. The third-order valence-electron chi connectivity index (χ3n) is 15.7. The minimum absolute atomic E-state index is 0.0466. The van der Waals surface area contributed by atoms with Gasteiger partial charge in [0.05, 0.1) is 12.2 Å². The molecular formula is C35H55N2OP. The van der Waals surface area contributed by atoms with Gasteiger partial charge in [-0.05, 0) is 117 Å². The first-order valence-electron chi connectivity index (χ1n) is 17.9. The lowest BCUT2D eigenvalue weighted by Crippen LogP contribution is -2.77. The zero-order valence-electron chi connectivity index (χ0n) is 25.4. The van der Waals surface area contributed by atoms with E-state index >= 15 is 0 Å². The molecule has 5 saturated heterocycles. The van der Waals surface area contributed by atoms with Gasteiger partial charge < -0.3 is 4.74 Å². The summed E-state index contributed by atoms with van der Waals surface area (Å²) in [4.78, 5) is 6.73. The Morgan fingerprint density at radius 3 is 1.49 bits per heavy atom. The number of fused-ring (bicyclic) bond motifs is 8. The third kappa shape index (κ3) is 2.97. The molecular weight excluding hydrogens is 495 g/mol. The summed E-state index contributed by atoms with van der Waals surface area (Å²) in [5.74, 6) is 8.47. The van der Waals surface area contributed by atoms with Gasteiger partial charge in [0.2, 0.25) is 0 Å². The Morgan fingerprint density at radius 2 is 1.00 bits per heavy atom. The highest BCUT2D eigenvalue weighted by molar-refractivity contribution is 7.60. The molecule has 5 saturated carbocycles. The quantitative estimate of drug-likeness (QED) is 0.308. The van der Waals surface area contributed by atoms with Crippen LogP contribution in [0.5, 0.6) is 0 Å². The van der Waals surface area contributed by atoms with E-state index in [0.29, 0.717) is 12.2 Å². The maximum Gasteiger partial charge on any atom is 0.0664 e. The van der Waals surface area contributed by atoms with Crippen LogP contribution in [0.4, 0.5) is 0 Å². The van der Waals surface area contributed by atoms with Crippen molar-refractivity contribution in [3.05, 3.63) is 0 Å². The second-order valence-electron chi connectivity index (χ2n) is 17.6. The van der Waals surface area contributed by atoms with Crippen molar-refractivity contribution in [3.8, 4) is 0 Å². The zero-order valence-corrected chi connectivity index (χ0v) is 26.3. The summed E-state index contributed by atoms with van der Waals surface area (Å²) in [6.45, 7) is 13.2. The largest absolute Gasteiger partial charge is 0.374 e. The van der Waals surface area contributed by atoms with E-state index in [4.69, 9.17) is 4.74 Å². The van der Waals surface area contributed by atoms with Crippen LogP contribution < -0.4 is 0 Å². The number of nitrogens with zero attached hydrogens (tertiary/aromatic N) is 2. The molecule has 39 heavy (non-hydrogen) atoms. The monoisotopic (exact) mass is 550 g/mol. The van der Waals surface area contributed by atoms with Gasteiger partial charge in [-0.1, -0.05) is 42.5 Å². The van der Waals surface area contributed by atoms with Crippen molar-refractivity contribution in [2.24, 2.45) is 53.3 Å². The van der Waals surface area contributed by atoms with E-state index in [2.05, 4.69) is 44.4 Å². The lowest BCUT2D eigenvalue weighted by Gasteiger charge is -2.72. The third-order valence-corrected chi connectivity index (χ3v) is 19.7. The van der Waals surface area contributed by atoms with Crippen molar-refractivity contribution in [1.82, 2.24) is 9.80 Å². The van der Waals surface area contributed by atoms with Gasteiger partial charge in [-0.2, -0.15) is 0 Å². The van der Waals surface area contributed by atoms with Crippen LogP contribution in [-0.2, 0) is 4.74 Å². The maximum atomic E-state index is 7.53. The van der Waals surface area contributed by atoms with Gasteiger partial charge in [-0.15, -0.1) is 0 Å². The molecule has 0 bridgehead atoms. The topological polar surface area (TPSA) is 15.7 Å². The fraction of sp³-hybridized carbons (Fsp3) is 1.00. The van der Waals surface area contributed by atoms with Crippen molar-refractivity contribution in [3.63, 3.8) is 0 Å². The second-order valence-corrected chi connectivity index (χ2v) is 20.3. The average molecular weight is 551 g/mol. The van der Waals surface area contributed by atoms with E-state index in [1.54, 1.807) is 0 Å². The van der Waals surface area contributed by atoms with Gasteiger partial charge in [0.25, 0.3) is 0 Å². The van der Waals surface area contributed by atoms with Crippen LogP contribution in [0.3, 0.4) is 0 Å². The molecule has 0 aromatic rings. The van der Waals surface area contributed by atoms with Crippen LogP contribution in [0.1, 0.15) is 98.8 Å². The van der Waals surface area contributed by atoms with Crippen LogP contribution in [0.2, 0.25) is 0 Å². The van der Waals surface area contributed by atoms with Crippen molar-refractivity contribution in [1.29, 1.82) is 0 Å². The molecule has 3 nitrogen and oxygen atoms in total. The summed E-state index contributed by atoms with van der Waals surface area (Å²) in [5.41, 5.74) is 2.84. The fourth-order valence-corrected chi connectivity index (χ4v) is 20.1. The molecule has 5 aliphatic heterocycles. The first-order chi connectivity index (χ1) is 18.9. The number of ether oxygens (including phenoxy) is 1. The Morgan fingerprint density at radius 1 is 0.513 bits per heavy atom. The van der Waals surface area contributed by atoms with E-state index in [1.165, 1.54) is 64.2 Å². The minimum Gasteiger partial charge on any atom is -0.374 e. The summed E-state index contributed by atoms with van der Waals surface area (Å²) < 4.78 is 7.53. The molecule has 0 aromatic heterocycles. The molecule has 18 unspecified atom stereocenters. The molecule has 0 spiro atoms. The molecule has 18 atom stereocenters. The van der Waals surface area contributed by atoms with Crippen molar-refractivity contribution < 1.29 is 4.74 Å². The van der Waals surface area contributed by atoms with E-state index in [1.807, 2.05) is 0 Å². The predicted molar refractivity (Wildman–Crippen MR) is 159 cm³/mol. The number of rotatable bonds is 0. The van der Waals surface area contributed by atoms with E-state index in [0.717, 1.165) is 106 Å². The lowest BCUT2D eigenvalue weighted by atomic mass is 9.65. The molecule has 5 aliphatic carbocycles. The second kappa shape index (κ2) is 8.27. The Bertz CT molecular complexity index is 960. The Hall–Kier alpha value is 0.310. The first kappa shape index (κ1) is 24.7. The Kier molecular flexibility index (Phi) is 5.24. The highest BCUT2D eigenvalue weighted by Gasteiger charge is 2.75.